The number of hydrogen-bond acceptors (Lipinski definition) is 3. The number of rotatable bonds is 3. The molecular weight excluding hydrogens is 168 g/mol. The molecule has 2 atom stereocenters. The number of hydrogen-bond donors (Lipinski definition) is 2. The Balaban J connectivity index is 2.70. The van der Waals surface area contributed by atoms with Crippen LogP contribution in [0.2, 0.25) is 0 Å². The first-order valence-electron chi connectivity index (χ1n) is 4.77. The molecule has 1 aliphatic heterocycles. The van der Waals surface area contributed by atoms with Crippen molar-refractivity contribution in [3.63, 3.8) is 0 Å². The summed E-state index contributed by atoms with van der Waals surface area (Å²) in [4.78, 5) is 11.3. The maximum atomic E-state index is 11.3. The predicted octanol–water partition coefficient (Wildman–Crippen LogP) is 0.0189. The number of likely N-dealkylation sites (N-methyl/N-ethyl adjacent to an activating group) is 1. The van der Waals surface area contributed by atoms with Crippen molar-refractivity contribution in [1.82, 2.24) is 5.32 Å². The summed E-state index contributed by atoms with van der Waals surface area (Å²) in [6, 6.07) is 0. The molecule has 2 unspecified atom stereocenters. The monoisotopic (exact) mass is 186 g/mol. The third-order valence-corrected chi connectivity index (χ3v) is 2.55. The lowest BCUT2D eigenvalue weighted by Gasteiger charge is -2.37. The first-order valence-corrected chi connectivity index (χ1v) is 4.77. The molecule has 0 saturated carbocycles. The van der Waals surface area contributed by atoms with Crippen molar-refractivity contribution in [3.05, 3.63) is 0 Å². The van der Waals surface area contributed by atoms with Crippen LogP contribution < -0.4 is 11.1 Å². The largest absolute Gasteiger partial charge is 0.378 e. The summed E-state index contributed by atoms with van der Waals surface area (Å²) in [5.74, 6) is -0.260. The molecular formula is C9H18N2O2. The van der Waals surface area contributed by atoms with E-state index in [9.17, 15) is 4.79 Å². The Labute approximate surface area is 78.8 Å². The van der Waals surface area contributed by atoms with Gasteiger partial charge in [-0.15, -0.1) is 0 Å². The van der Waals surface area contributed by atoms with E-state index in [0.29, 0.717) is 19.4 Å². The zero-order valence-corrected chi connectivity index (χ0v) is 8.30. The Morgan fingerprint density at radius 1 is 1.77 bits per heavy atom. The van der Waals surface area contributed by atoms with Crippen LogP contribution >= 0.6 is 0 Å². The Morgan fingerprint density at radius 3 is 2.92 bits per heavy atom. The fraction of sp³-hybridized carbons (Fsp3) is 0.889. The van der Waals surface area contributed by atoms with E-state index in [4.69, 9.17) is 10.5 Å². The topological polar surface area (TPSA) is 64.3 Å². The van der Waals surface area contributed by atoms with Crippen LogP contribution in [0.25, 0.3) is 0 Å². The summed E-state index contributed by atoms with van der Waals surface area (Å²) in [6.45, 7) is 5.31. The molecule has 0 aromatic carbocycles. The van der Waals surface area contributed by atoms with E-state index in [1.54, 1.807) is 0 Å². The number of nitrogens with two attached hydrogens (primary N) is 1. The third kappa shape index (κ3) is 2.19. The normalized spacial score (nSPS) is 34.5. The first kappa shape index (κ1) is 10.5. The molecule has 1 rings (SSSR count). The number of primary amides is 1. The van der Waals surface area contributed by atoms with Crippen LogP contribution in [-0.4, -0.2) is 30.7 Å². The van der Waals surface area contributed by atoms with Crippen LogP contribution in [0, 0.1) is 0 Å². The lowest BCUT2D eigenvalue weighted by molar-refractivity contribution is -0.130. The molecule has 1 heterocycles. The highest BCUT2D eigenvalue weighted by molar-refractivity contribution is 5.84. The summed E-state index contributed by atoms with van der Waals surface area (Å²) in [6.07, 6.45) is 1.47. The van der Waals surface area contributed by atoms with Crippen molar-refractivity contribution in [3.8, 4) is 0 Å². The fourth-order valence-electron chi connectivity index (χ4n) is 1.90. The Morgan fingerprint density at radius 2 is 2.46 bits per heavy atom. The molecule has 0 radical (unpaired) electrons. The second-order valence-electron chi connectivity index (χ2n) is 3.61. The predicted molar refractivity (Wildman–Crippen MR) is 50.3 cm³/mol. The van der Waals surface area contributed by atoms with Gasteiger partial charge in [-0.05, 0) is 19.9 Å². The van der Waals surface area contributed by atoms with Gasteiger partial charge in [0.1, 0.15) is 5.54 Å². The van der Waals surface area contributed by atoms with E-state index < -0.39 is 5.54 Å². The van der Waals surface area contributed by atoms with Crippen molar-refractivity contribution in [2.24, 2.45) is 5.73 Å². The van der Waals surface area contributed by atoms with Crippen LogP contribution in [0.4, 0.5) is 0 Å². The SMILES string of the molecule is CCNC1(C(N)=O)CCOC(C)C1. The molecule has 13 heavy (non-hydrogen) atoms. The minimum atomic E-state index is -0.535. The first-order chi connectivity index (χ1) is 6.10. The Bertz CT molecular complexity index is 192. The van der Waals surface area contributed by atoms with Crippen molar-refractivity contribution in [1.29, 1.82) is 0 Å². The van der Waals surface area contributed by atoms with E-state index in [1.807, 2.05) is 13.8 Å². The summed E-state index contributed by atoms with van der Waals surface area (Å²) in [7, 11) is 0. The maximum absolute atomic E-state index is 11.3. The van der Waals surface area contributed by atoms with Crippen LogP contribution in [0.1, 0.15) is 26.7 Å². The van der Waals surface area contributed by atoms with E-state index in [2.05, 4.69) is 5.32 Å². The van der Waals surface area contributed by atoms with Gasteiger partial charge >= 0.3 is 0 Å². The van der Waals surface area contributed by atoms with Gasteiger partial charge < -0.3 is 15.8 Å². The zero-order valence-electron chi connectivity index (χ0n) is 8.30. The highest BCUT2D eigenvalue weighted by Gasteiger charge is 2.39. The molecule has 0 aromatic rings. The van der Waals surface area contributed by atoms with Crippen LogP contribution in [0.15, 0.2) is 0 Å². The lowest BCUT2D eigenvalue weighted by Crippen LogP contribution is -2.59. The Hall–Kier alpha value is -0.610. The minimum Gasteiger partial charge on any atom is -0.378 e. The highest BCUT2D eigenvalue weighted by atomic mass is 16.5. The average molecular weight is 186 g/mol. The smallest absolute Gasteiger partial charge is 0.237 e. The standard InChI is InChI=1S/C9H18N2O2/c1-3-11-9(8(10)12)4-5-13-7(2)6-9/h7,11H,3-6H2,1-2H3,(H2,10,12). The molecule has 0 spiro atoms. The number of ether oxygens (including phenoxy) is 1. The van der Waals surface area contributed by atoms with E-state index >= 15 is 0 Å². The molecule has 1 saturated heterocycles. The second kappa shape index (κ2) is 4.07. The van der Waals surface area contributed by atoms with Gasteiger partial charge in [-0.25, -0.2) is 0 Å². The summed E-state index contributed by atoms with van der Waals surface area (Å²) < 4.78 is 5.38. The molecule has 1 amide bonds. The molecule has 76 valence electrons. The van der Waals surface area contributed by atoms with Crippen molar-refractivity contribution in [2.45, 2.75) is 38.3 Å². The summed E-state index contributed by atoms with van der Waals surface area (Å²) >= 11 is 0. The van der Waals surface area contributed by atoms with Crippen LogP contribution in [-0.2, 0) is 9.53 Å². The number of amides is 1. The molecule has 0 bridgehead atoms. The third-order valence-electron chi connectivity index (χ3n) is 2.55. The molecule has 4 nitrogen and oxygen atoms in total. The molecule has 1 fully saturated rings. The van der Waals surface area contributed by atoms with Gasteiger partial charge in [0.05, 0.1) is 6.10 Å². The number of carbonyl (C=O) groups is 1. The van der Waals surface area contributed by atoms with Gasteiger partial charge in [-0.2, -0.15) is 0 Å². The van der Waals surface area contributed by atoms with Crippen molar-refractivity contribution in [2.75, 3.05) is 13.2 Å². The highest BCUT2D eigenvalue weighted by Crippen LogP contribution is 2.24. The van der Waals surface area contributed by atoms with Crippen LogP contribution in [0.5, 0.6) is 0 Å². The number of carbonyl (C=O) groups excluding carboxylic acids is 1. The van der Waals surface area contributed by atoms with Crippen molar-refractivity contribution < 1.29 is 9.53 Å². The molecule has 0 aromatic heterocycles. The summed E-state index contributed by atoms with van der Waals surface area (Å²) in [5.41, 5.74) is 4.86. The zero-order chi connectivity index (χ0) is 9.90. The average Bonchev–Trinajstić information content (AvgIpc) is 2.04. The summed E-state index contributed by atoms with van der Waals surface area (Å²) in [5, 5.41) is 3.17. The molecule has 3 N–H and O–H groups in total. The van der Waals surface area contributed by atoms with Gasteiger partial charge in [0.2, 0.25) is 5.91 Å². The quantitative estimate of drug-likeness (QED) is 0.653. The minimum absolute atomic E-state index is 0.111. The van der Waals surface area contributed by atoms with Gasteiger partial charge in [0.15, 0.2) is 0 Å². The van der Waals surface area contributed by atoms with Gasteiger partial charge in [0, 0.05) is 13.0 Å². The van der Waals surface area contributed by atoms with Crippen LogP contribution in [0.3, 0.4) is 0 Å². The fourth-order valence-corrected chi connectivity index (χ4v) is 1.90. The van der Waals surface area contributed by atoms with Gasteiger partial charge in [0.25, 0.3) is 0 Å². The molecule has 1 aliphatic rings. The van der Waals surface area contributed by atoms with Gasteiger partial charge in [-0.1, -0.05) is 6.92 Å². The van der Waals surface area contributed by atoms with Crippen molar-refractivity contribution >= 4 is 5.91 Å². The lowest BCUT2D eigenvalue weighted by atomic mass is 9.86. The maximum Gasteiger partial charge on any atom is 0.237 e. The molecule has 0 aliphatic carbocycles. The number of nitrogens with one attached hydrogen (secondary N) is 1. The van der Waals surface area contributed by atoms with E-state index in [1.165, 1.54) is 0 Å². The second-order valence-corrected chi connectivity index (χ2v) is 3.61. The molecule has 4 heteroatoms. The van der Waals surface area contributed by atoms with E-state index in [0.717, 1.165) is 6.54 Å². The Kier molecular flexibility index (Phi) is 3.27. The van der Waals surface area contributed by atoms with Gasteiger partial charge in [-0.3, -0.25) is 4.79 Å². The van der Waals surface area contributed by atoms with E-state index in [-0.39, 0.29) is 12.0 Å².